The van der Waals surface area contributed by atoms with Crippen LogP contribution in [0.25, 0.3) is 0 Å². The van der Waals surface area contributed by atoms with Gasteiger partial charge in [-0.25, -0.2) is 4.79 Å². The van der Waals surface area contributed by atoms with E-state index in [4.69, 9.17) is 19.8 Å². The molecule has 0 radical (unpaired) electrons. The van der Waals surface area contributed by atoms with Crippen molar-refractivity contribution in [2.24, 2.45) is 0 Å². The third-order valence-electron chi connectivity index (χ3n) is 3.58. The molecule has 2 aromatic carbocycles. The summed E-state index contributed by atoms with van der Waals surface area (Å²) in [6, 6.07) is 12.4. The predicted octanol–water partition coefficient (Wildman–Crippen LogP) is 2.95. The minimum atomic E-state index is -1.06. The lowest BCUT2D eigenvalue weighted by Crippen LogP contribution is -2.21. The second-order valence-electron chi connectivity index (χ2n) is 6.05. The van der Waals surface area contributed by atoms with E-state index < -0.39 is 12.0 Å². The molecule has 0 aliphatic rings. The summed E-state index contributed by atoms with van der Waals surface area (Å²) < 4.78 is 11.2. The van der Waals surface area contributed by atoms with Crippen molar-refractivity contribution in [3.8, 4) is 17.6 Å². The molecule has 2 rings (SSSR count). The Balaban J connectivity index is 2.31. The molecule has 27 heavy (non-hydrogen) atoms. The highest BCUT2D eigenvalue weighted by molar-refractivity contribution is 5.79. The van der Waals surface area contributed by atoms with Crippen LogP contribution in [-0.2, 0) is 4.79 Å². The van der Waals surface area contributed by atoms with Crippen LogP contribution in [-0.4, -0.2) is 35.5 Å². The summed E-state index contributed by atoms with van der Waals surface area (Å²) in [5.41, 5.74) is 1.53. The molecule has 7 heteroatoms. The molecule has 1 atom stereocenters. The van der Waals surface area contributed by atoms with Gasteiger partial charge in [-0.1, -0.05) is 6.07 Å². The van der Waals surface area contributed by atoms with Crippen molar-refractivity contribution in [1.29, 1.82) is 5.26 Å². The van der Waals surface area contributed by atoms with Gasteiger partial charge in [0.15, 0.2) is 17.5 Å². The number of carboxylic acid groups (broad SMARTS) is 1. The van der Waals surface area contributed by atoms with Gasteiger partial charge in [0, 0.05) is 5.69 Å². The van der Waals surface area contributed by atoms with Gasteiger partial charge in [-0.15, -0.1) is 0 Å². The van der Waals surface area contributed by atoms with E-state index in [1.165, 1.54) is 0 Å². The largest absolute Gasteiger partial charge is 0.487 e. The number of rotatable bonds is 9. The number of carboxylic acids is 1. The number of aliphatic carboxylic acids is 1. The number of nitrogens with one attached hydrogen (secondary N) is 1. The first-order valence-electron chi connectivity index (χ1n) is 8.48. The second-order valence-corrected chi connectivity index (χ2v) is 6.05. The van der Waals surface area contributed by atoms with E-state index in [1.807, 2.05) is 19.9 Å². The van der Waals surface area contributed by atoms with Crippen molar-refractivity contribution in [1.82, 2.24) is 0 Å². The van der Waals surface area contributed by atoms with Gasteiger partial charge in [-0.05, 0) is 55.8 Å². The molecule has 0 heterocycles. The lowest BCUT2D eigenvalue weighted by molar-refractivity contribution is -0.138. The number of hydrogen-bond donors (Lipinski definition) is 3. The van der Waals surface area contributed by atoms with Crippen LogP contribution in [0.5, 0.6) is 11.5 Å². The highest BCUT2D eigenvalue weighted by Gasteiger charge is 2.22. The zero-order valence-electron chi connectivity index (χ0n) is 15.2. The van der Waals surface area contributed by atoms with Crippen molar-refractivity contribution in [3.63, 3.8) is 0 Å². The number of benzene rings is 2. The van der Waals surface area contributed by atoms with E-state index in [1.54, 1.807) is 42.5 Å². The van der Waals surface area contributed by atoms with Crippen molar-refractivity contribution < 1.29 is 24.5 Å². The molecule has 0 aromatic heterocycles. The molecule has 7 nitrogen and oxygen atoms in total. The molecule has 2 aromatic rings. The Hall–Kier alpha value is -3.24. The van der Waals surface area contributed by atoms with Crippen LogP contribution < -0.4 is 14.8 Å². The van der Waals surface area contributed by atoms with Crippen LogP contribution in [0.2, 0.25) is 0 Å². The standard InChI is InChI=1S/C20H22N2O5/c1-13(2)27-17-8-5-15(11-18(17)26-10-9-23)19(20(24)25)22-16-6-3-14(12-21)4-7-16/h3-8,11,13,19,22-23H,9-10H2,1-2H3,(H,24,25). The van der Waals surface area contributed by atoms with Gasteiger partial charge in [0.2, 0.25) is 0 Å². The Morgan fingerprint density at radius 2 is 1.89 bits per heavy atom. The van der Waals surface area contributed by atoms with E-state index in [2.05, 4.69) is 5.32 Å². The second kappa shape index (κ2) is 9.46. The number of aliphatic hydroxyl groups is 1. The molecule has 3 N–H and O–H groups in total. The number of ether oxygens (including phenoxy) is 2. The molecule has 0 saturated carbocycles. The average Bonchev–Trinajstić information content (AvgIpc) is 2.65. The van der Waals surface area contributed by atoms with Crippen molar-refractivity contribution in [3.05, 3.63) is 53.6 Å². The van der Waals surface area contributed by atoms with E-state index in [0.717, 1.165) is 0 Å². The Morgan fingerprint density at radius 3 is 2.44 bits per heavy atom. The summed E-state index contributed by atoms with van der Waals surface area (Å²) >= 11 is 0. The summed E-state index contributed by atoms with van der Waals surface area (Å²) in [5, 5.41) is 30.4. The fraction of sp³-hybridized carbons (Fsp3) is 0.300. The molecule has 0 bridgehead atoms. The van der Waals surface area contributed by atoms with Gasteiger partial charge in [-0.3, -0.25) is 0 Å². The average molecular weight is 370 g/mol. The number of hydrogen-bond acceptors (Lipinski definition) is 6. The van der Waals surface area contributed by atoms with Crippen LogP contribution in [0.15, 0.2) is 42.5 Å². The Morgan fingerprint density at radius 1 is 1.19 bits per heavy atom. The van der Waals surface area contributed by atoms with E-state index >= 15 is 0 Å². The van der Waals surface area contributed by atoms with Gasteiger partial charge in [0.1, 0.15) is 6.61 Å². The van der Waals surface area contributed by atoms with Crippen molar-refractivity contribution in [2.75, 3.05) is 18.5 Å². The highest BCUT2D eigenvalue weighted by Crippen LogP contribution is 2.32. The fourth-order valence-corrected chi connectivity index (χ4v) is 2.42. The van der Waals surface area contributed by atoms with Gasteiger partial charge in [0.25, 0.3) is 0 Å². The minimum Gasteiger partial charge on any atom is -0.487 e. The molecule has 0 spiro atoms. The van der Waals surface area contributed by atoms with Crippen LogP contribution >= 0.6 is 0 Å². The molecular formula is C20H22N2O5. The smallest absolute Gasteiger partial charge is 0.330 e. The number of nitriles is 1. The van der Waals surface area contributed by atoms with E-state index in [0.29, 0.717) is 28.3 Å². The summed E-state index contributed by atoms with van der Waals surface area (Å²) in [7, 11) is 0. The molecule has 0 fully saturated rings. The van der Waals surface area contributed by atoms with Gasteiger partial charge >= 0.3 is 5.97 Å². The minimum absolute atomic E-state index is 0.0682. The number of carbonyl (C=O) groups is 1. The lowest BCUT2D eigenvalue weighted by atomic mass is 10.1. The maximum absolute atomic E-state index is 11.8. The van der Waals surface area contributed by atoms with Crippen LogP contribution in [0.1, 0.15) is 31.0 Å². The van der Waals surface area contributed by atoms with Crippen LogP contribution in [0.4, 0.5) is 5.69 Å². The number of nitrogens with zero attached hydrogens (tertiary/aromatic N) is 1. The summed E-state index contributed by atoms with van der Waals surface area (Å²) in [5.74, 6) is -0.224. The zero-order chi connectivity index (χ0) is 19.8. The van der Waals surface area contributed by atoms with Crippen LogP contribution in [0, 0.1) is 11.3 Å². The number of aliphatic hydroxyl groups excluding tert-OH is 1. The van der Waals surface area contributed by atoms with E-state index in [9.17, 15) is 9.90 Å². The third kappa shape index (κ3) is 5.62. The van der Waals surface area contributed by atoms with Crippen LogP contribution in [0.3, 0.4) is 0 Å². The predicted molar refractivity (Wildman–Crippen MR) is 99.9 cm³/mol. The summed E-state index contributed by atoms with van der Waals surface area (Å²) in [6.07, 6.45) is -0.0839. The fourth-order valence-electron chi connectivity index (χ4n) is 2.42. The maximum atomic E-state index is 11.8. The molecular weight excluding hydrogens is 348 g/mol. The first-order valence-corrected chi connectivity index (χ1v) is 8.48. The monoisotopic (exact) mass is 370 g/mol. The zero-order valence-corrected chi connectivity index (χ0v) is 15.2. The molecule has 1 unspecified atom stereocenters. The molecule has 0 aliphatic heterocycles. The number of anilines is 1. The Bertz CT molecular complexity index is 812. The quantitative estimate of drug-likeness (QED) is 0.622. The maximum Gasteiger partial charge on any atom is 0.330 e. The first-order chi connectivity index (χ1) is 12.9. The van der Waals surface area contributed by atoms with E-state index in [-0.39, 0.29) is 19.3 Å². The summed E-state index contributed by atoms with van der Waals surface area (Å²) in [6.45, 7) is 3.64. The van der Waals surface area contributed by atoms with Crippen molar-refractivity contribution in [2.45, 2.75) is 26.0 Å². The molecule has 0 aliphatic carbocycles. The Kier molecular flexibility index (Phi) is 7.03. The normalized spacial score (nSPS) is 11.5. The highest BCUT2D eigenvalue weighted by atomic mass is 16.5. The van der Waals surface area contributed by atoms with Gasteiger partial charge in [-0.2, -0.15) is 5.26 Å². The SMILES string of the molecule is CC(C)Oc1ccc(C(Nc2ccc(C#N)cc2)C(=O)O)cc1OCCO. The first kappa shape index (κ1) is 20.1. The Labute approximate surface area is 157 Å². The summed E-state index contributed by atoms with van der Waals surface area (Å²) in [4.78, 5) is 11.8. The van der Waals surface area contributed by atoms with Gasteiger partial charge in [0.05, 0.1) is 24.3 Å². The third-order valence-corrected chi connectivity index (χ3v) is 3.58. The van der Waals surface area contributed by atoms with Crippen molar-refractivity contribution >= 4 is 11.7 Å². The molecule has 142 valence electrons. The molecule has 0 saturated heterocycles. The topological polar surface area (TPSA) is 112 Å². The van der Waals surface area contributed by atoms with Gasteiger partial charge < -0.3 is 25.0 Å². The lowest BCUT2D eigenvalue weighted by Gasteiger charge is -2.20. The molecule has 0 amide bonds.